The van der Waals surface area contributed by atoms with Gasteiger partial charge in [-0.15, -0.1) is 0 Å². The van der Waals surface area contributed by atoms with E-state index in [2.05, 4.69) is 10.8 Å². The number of carbonyl (C=O) groups excluding carboxylic acids is 1. The summed E-state index contributed by atoms with van der Waals surface area (Å²) in [5.41, 5.74) is -6.14. The highest BCUT2D eigenvalue weighted by atomic mass is 32.2. The number of halogens is 3. The molecule has 1 aliphatic heterocycles. The number of nitrogens with zero attached hydrogens (tertiary/aromatic N) is 1. The monoisotopic (exact) mass is 359 g/mol. The molecule has 1 aliphatic rings. The largest absolute Gasteiger partial charge is 0.534 e. The van der Waals surface area contributed by atoms with E-state index in [1.165, 1.54) is 4.90 Å². The summed E-state index contributed by atoms with van der Waals surface area (Å²) in [7, 11) is -5.70. The maximum absolute atomic E-state index is 12.3. The molecule has 0 radical (unpaired) electrons. The van der Waals surface area contributed by atoms with Crippen molar-refractivity contribution in [2.75, 3.05) is 13.1 Å². The third-order valence-electron chi connectivity index (χ3n) is 3.10. The van der Waals surface area contributed by atoms with Crippen LogP contribution in [0.4, 0.5) is 18.0 Å². The van der Waals surface area contributed by atoms with Crippen LogP contribution >= 0.6 is 0 Å². The maximum atomic E-state index is 12.3. The van der Waals surface area contributed by atoms with Gasteiger partial charge in [0, 0.05) is 19.0 Å². The summed E-state index contributed by atoms with van der Waals surface area (Å²) in [6, 6.07) is 0. The van der Waals surface area contributed by atoms with Gasteiger partial charge in [0.2, 0.25) is 0 Å². The molecular formula is C13H20F3NO5S. The number of ether oxygens (including phenoxy) is 1. The van der Waals surface area contributed by atoms with Gasteiger partial charge in [0.25, 0.3) is 0 Å². The summed E-state index contributed by atoms with van der Waals surface area (Å²) in [5, 5.41) is 0. The van der Waals surface area contributed by atoms with Crippen LogP contribution in [-0.2, 0) is 19.0 Å². The molecule has 10 heteroatoms. The summed E-state index contributed by atoms with van der Waals surface area (Å²) >= 11 is 0. The quantitative estimate of drug-likeness (QED) is 0.440. The van der Waals surface area contributed by atoms with Gasteiger partial charge < -0.3 is 13.8 Å². The predicted octanol–water partition coefficient (Wildman–Crippen LogP) is 3.01. The van der Waals surface area contributed by atoms with Gasteiger partial charge in [-0.3, -0.25) is 0 Å². The number of hydrogen-bond acceptors (Lipinski definition) is 5. The molecule has 0 aliphatic carbocycles. The Hall–Kier alpha value is -1.45. The van der Waals surface area contributed by atoms with Gasteiger partial charge in [-0.25, -0.2) is 4.79 Å². The van der Waals surface area contributed by atoms with Gasteiger partial charge in [0.15, 0.2) is 0 Å². The minimum absolute atomic E-state index is 0.216. The number of allylic oxidation sites excluding steroid dienone is 1. The molecule has 1 heterocycles. The van der Waals surface area contributed by atoms with Crippen LogP contribution in [0.5, 0.6) is 0 Å². The van der Waals surface area contributed by atoms with Gasteiger partial charge in [0.05, 0.1) is 0 Å². The highest BCUT2D eigenvalue weighted by molar-refractivity contribution is 7.87. The molecule has 1 fully saturated rings. The normalized spacial score (nSPS) is 17.7. The van der Waals surface area contributed by atoms with Crippen molar-refractivity contribution in [3.63, 3.8) is 0 Å². The number of amides is 1. The van der Waals surface area contributed by atoms with E-state index < -0.39 is 39.0 Å². The predicted molar refractivity (Wildman–Crippen MR) is 75.7 cm³/mol. The van der Waals surface area contributed by atoms with Gasteiger partial charge >= 0.3 is 21.7 Å². The first-order valence-corrected chi connectivity index (χ1v) is 8.31. The van der Waals surface area contributed by atoms with Crippen molar-refractivity contribution in [2.24, 2.45) is 5.92 Å². The highest BCUT2D eigenvalue weighted by Gasteiger charge is 2.49. The minimum atomic E-state index is -5.70. The van der Waals surface area contributed by atoms with E-state index in [0.717, 1.165) is 0 Å². The van der Waals surface area contributed by atoms with E-state index in [-0.39, 0.29) is 25.9 Å². The van der Waals surface area contributed by atoms with Crippen LogP contribution in [0.3, 0.4) is 0 Å². The van der Waals surface area contributed by atoms with Gasteiger partial charge in [-0.1, -0.05) is 6.58 Å². The van der Waals surface area contributed by atoms with Crippen LogP contribution in [0.1, 0.15) is 33.6 Å². The molecule has 1 amide bonds. The van der Waals surface area contributed by atoms with Gasteiger partial charge in [-0.2, -0.15) is 21.6 Å². The number of rotatable bonds is 3. The Bertz CT molecular complexity index is 557. The fourth-order valence-corrected chi connectivity index (χ4v) is 2.48. The molecule has 1 rings (SSSR count). The second-order valence-corrected chi connectivity index (χ2v) is 7.73. The van der Waals surface area contributed by atoms with Crippen molar-refractivity contribution < 1.29 is 35.3 Å². The molecule has 0 aromatic heterocycles. The lowest BCUT2D eigenvalue weighted by Crippen LogP contribution is -2.42. The molecule has 0 unspecified atom stereocenters. The molecular weight excluding hydrogens is 339 g/mol. The molecule has 1 saturated heterocycles. The first-order chi connectivity index (χ1) is 10.2. The smallest absolute Gasteiger partial charge is 0.444 e. The Labute approximate surface area is 133 Å². The fraction of sp³-hybridized carbons (Fsp3) is 0.769. The van der Waals surface area contributed by atoms with Gasteiger partial charge in [0.1, 0.15) is 11.4 Å². The zero-order chi connectivity index (χ0) is 18.1. The molecule has 134 valence electrons. The standard InChI is InChI=1S/C13H20F3NO5S/c1-9(22-23(19,20)13(14,15)16)10-5-7-17(8-6-10)11(18)21-12(2,3)4/h10H,1,5-8H2,2-4H3. The Balaban J connectivity index is 2.57. The van der Waals surface area contributed by atoms with Crippen molar-refractivity contribution in [3.05, 3.63) is 12.3 Å². The molecule has 6 nitrogen and oxygen atoms in total. The topological polar surface area (TPSA) is 72.9 Å². The van der Waals surface area contributed by atoms with Crippen LogP contribution in [0, 0.1) is 5.92 Å². The molecule has 0 spiro atoms. The Morgan fingerprint density at radius 2 is 1.65 bits per heavy atom. The molecule has 0 aromatic carbocycles. The number of piperidine rings is 1. The summed E-state index contributed by atoms with van der Waals surface area (Å²) in [4.78, 5) is 13.3. The minimum Gasteiger partial charge on any atom is -0.444 e. The molecule has 23 heavy (non-hydrogen) atoms. The van der Waals surface area contributed by atoms with Crippen LogP contribution in [-0.4, -0.2) is 43.6 Å². The van der Waals surface area contributed by atoms with E-state index >= 15 is 0 Å². The summed E-state index contributed by atoms with van der Waals surface area (Å²) in [5.74, 6) is -1.04. The number of likely N-dealkylation sites (tertiary alicyclic amines) is 1. The number of alkyl halides is 3. The molecule has 0 saturated carbocycles. The average molecular weight is 359 g/mol. The third kappa shape index (κ3) is 5.60. The lowest BCUT2D eigenvalue weighted by molar-refractivity contribution is -0.0528. The van der Waals surface area contributed by atoms with Crippen LogP contribution < -0.4 is 0 Å². The zero-order valence-corrected chi connectivity index (χ0v) is 14.0. The fourth-order valence-electron chi connectivity index (χ4n) is 1.97. The summed E-state index contributed by atoms with van der Waals surface area (Å²) in [6.07, 6.45) is -0.0397. The Kier molecular flexibility index (Phi) is 5.61. The third-order valence-corrected chi connectivity index (χ3v) is 4.10. The number of hydrogen-bond donors (Lipinski definition) is 0. The zero-order valence-electron chi connectivity index (χ0n) is 13.1. The lowest BCUT2D eigenvalue weighted by Gasteiger charge is -2.33. The Morgan fingerprint density at radius 3 is 2.04 bits per heavy atom. The second-order valence-electron chi connectivity index (χ2n) is 6.19. The van der Waals surface area contributed by atoms with E-state index in [1.807, 2.05) is 0 Å². The van der Waals surface area contributed by atoms with Crippen molar-refractivity contribution in [1.29, 1.82) is 0 Å². The van der Waals surface area contributed by atoms with Crippen LogP contribution in [0.2, 0.25) is 0 Å². The second kappa shape index (κ2) is 6.58. The van der Waals surface area contributed by atoms with E-state index in [9.17, 15) is 26.4 Å². The van der Waals surface area contributed by atoms with Crippen molar-refractivity contribution in [2.45, 2.75) is 44.7 Å². The van der Waals surface area contributed by atoms with Crippen molar-refractivity contribution in [3.8, 4) is 0 Å². The molecule has 0 aromatic rings. The first-order valence-electron chi connectivity index (χ1n) is 6.90. The average Bonchev–Trinajstić information content (AvgIpc) is 2.35. The molecule has 0 atom stereocenters. The highest BCUT2D eigenvalue weighted by Crippen LogP contribution is 2.31. The number of carbonyl (C=O) groups is 1. The van der Waals surface area contributed by atoms with E-state index in [0.29, 0.717) is 0 Å². The Morgan fingerprint density at radius 1 is 1.17 bits per heavy atom. The van der Waals surface area contributed by atoms with Crippen molar-refractivity contribution >= 4 is 16.2 Å². The molecule has 0 bridgehead atoms. The summed E-state index contributed by atoms with van der Waals surface area (Å²) in [6.45, 7) is 8.86. The van der Waals surface area contributed by atoms with Crippen LogP contribution in [0.25, 0.3) is 0 Å². The van der Waals surface area contributed by atoms with E-state index in [1.54, 1.807) is 20.8 Å². The maximum Gasteiger partial charge on any atom is 0.534 e. The SMILES string of the molecule is C=C(OS(=O)(=O)C(F)(F)F)C1CCN(C(=O)OC(C)(C)C)CC1. The van der Waals surface area contributed by atoms with Crippen molar-refractivity contribution in [1.82, 2.24) is 4.90 Å². The van der Waals surface area contributed by atoms with Crippen LogP contribution in [0.15, 0.2) is 12.3 Å². The van der Waals surface area contributed by atoms with E-state index in [4.69, 9.17) is 4.74 Å². The lowest BCUT2D eigenvalue weighted by atomic mass is 9.96. The summed E-state index contributed by atoms with van der Waals surface area (Å²) < 4.78 is 67.9. The first kappa shape index (κ1) is 19.6. The molecule has 0 N–H and O–H groups in total. The van der Waals surface area contributed by atoms with Gasteiger partial charge in [-0.05, 0) is 33.6 Å².